The van der Waals surface area contributed by atoms with Crippen molar-refractivity contribution >= 4 is 18.2 Å². The van der Waals surface area contributed by atoms with Crippen LogP contribution in [-0.4, -0.2) is 72.4 Å². The molecule has 0 bridgehead atoms. The normalized spacial score (nSPS) is 37.5. The maximum atomic E-state index is 12.7. The van der Waals surface area contributed by atoms with E-state index in [1.165, 1.54) is 0 Å². The Kier molecular flexibility index (Phi) is 9.47. The second-order valence-corrected chi connectivity index (χ2v) is 12.3. The summed E-state index contributed by atoms with van der Waals surface area (Å²) in [6, 6.07) is 0. The van der Waals surface area contributed by atoms with Crippen LogP contribution in [0.5, 0.6) is 0 Å². The van der Waals surface area contributed by atoms with E-state index >= 15 is 0 Å². The molecule has 0 amide bonds. The SMILES string of the molecule is CC(C)OC[C@@]1(CO)O[C@@H](C)CC1OP(=O)([O-])SC[C@H]1O[C@@H](C)CC1OC(C)C. The van der Waals surface area contributed by atoms with Crippen LogP contribution in [0.15, 0.2) is 0 Å². The highest BCUT2D eigenvalue weighted by Crippen LogP contribution is 2.56. The molecule has 0 radical (unpaired) electrons. The molecule has 0 aliphatic carbocycles. The van der Waals surface area contributed by atoms with E-state index in [-0.39, 0.29) is 55.6 Å². The molecule has 2 saturated heterocycles. The van der Waals surface area contributed by atoms with Crippen LogP contribution in [0.25, 0.3) is 0 Å². The summed E-state index contributed by atoms with van der Waals surface area (Å²) in [6.45, 7) is 6.84. The summed E-state index contributed by atoms with van der Waals surface area (Å²) in [5, 5.41) is 9.94. The van der Waals surface area contributed by atoms with Crippen LogP contribution in [0.3, 0.4) is 0 Å². The minimum atomic E-state index is -4.26. The lowest BCUT2D eigenvalue weighted by atomic mass is 9.98. The number of hydrogen-bond acceptors (Lipinski definition) is 9. The Morgan fingerprint density at radius 3 is 2.48 bits per heavy atom. The zero-order valence-corrected chi connectivity index (χ0v) is 19.9. The highest BCUT2D eigenvalue weighted by molar-refractivity contribution is 8.54. The van der Waals surface area contributed by atoms with E-state index in [1.807, 2.05) is 41.5 Å². The van der Waals surface area contributed by atoms with Crippen molar-refractivity contribution in [2.24, 2.45) is 0 Å². The first-order valence-electron chi connectivity index (χ1n) is 10.3. The number of hydrogen-bond donors (Lipinski definition) is 1. The molecule has 0 aromatic heterocycles. The van der Waals surface area contributed by atoms with Crippen molar-refractivity contribution < 1.29 is 38.0 Å². The number of aliphatic hydroxyl groups excluding tert-OH is 1. The van der Waals surface area contributed by atoms with Gasteiger partial charge in [0.05, 0.1) is 49.8 Å². The van der Waals surface area contributed by atoms with Crippen LogP contribution in [0, 0.1) is 0 Å². The fourth-order valence-electron chi connectivity index (χ4n) is 3.71. The molecule has 0 aromatic carbocycles. The number of rotatable bonds is 11. The zero-order chi connectivity index (χ0) is 21.8. The van der Waals surface area contributed by atoms with E-state index < -0.39 is 18.5 Å². The topological polar surface area (TPSA) is 107 Å². The van der Waals surface area contributed by atoms with Gasteiger partial charge in [-0.15, -0.1) is 0 Å². The van der Waals surface area contributed by atoms with Gasteiger partial charge in [0.25, 0.3) is 0 Å². The molecule has 2 fully saturated rings. The van der Waals surface area contributed by atoms with Gasteiger partial charge in [-0.2, -0.15) is 0 Å². The Morgan fingerprint density at radius 2 is 1.90 bits per heavy atom. The summed E-state index contributed by atoms with van der Waals surface area (Å²) in [5.41, 5.74) is -1.19. The fraction of sp³-hybridized carbons (Fsp3) is 1.00. The quantitative estimate of drug-likeness (QED) is 0.470. The van der Waals surface area contributed by atoms with E-state index in [9.17, 15) is 14.6 Å². The van der Waals surface area contributed by atoms with Crippen molar-refractivity contribution in [1.82, 2.24) is 0 Å². The number of aliphatic hydroxyl groups is 1. The summed E-state index contributed by atoms with van der Waals surface area (Å²) >= 11 is 0.727. The molecule has 0 aromatic rings. The molecule has 29 heavy (non-hydrogen) atoms. The standard InChI is InChI=1S/C19H37O8PS/c1-12(2)23-11-19(10-20)18(8-15(6)26-19)27-28(21,22)29-9-17-16(24-13(3)4)7-14(5)25-17/h12-18,20H,7-11H2,1-6H3,(H,21,22)/p-1/t14-,15-,16?,17+,18?,19+/m0/s1. The van der Waals surface area contributed by atoms with Gasteiger partial charge in [-0.25, -0.2) is 0 Å². The third kappa shape index (κ3) is 7.44. The lowest BCUT2D eigenvalue weighted by Crippen LogP contribution is -2.49. The molecule has 2 heterocycles. The molecule has 172 valence electrons. The molecule has 7 atom stereocenters. The molecule has 10 heteroatoms. The molecule has 2 aliphatic rings. The maximum Gasteiger partial charge on any atom is 0.192 e. The van der Waals surface area contributed by atoms with Gasteiger partial charge in [-0.1, -0.05) is 11.4 Å². The Morgan fingerprint density at radius 1 is 1.21 bits per heavy atom. The first-order chi connectivity index (χ1) is 13.5. The Labute approximate surface area is 178 Å². The van der Waals surface area contributed by atoms with Gasteiger partial charge in [0.1, 0.15) is 11.7 Å². The largest absolute Gasteiger partial charge is 0.770 e. The smallest absolute Gasteiger partial charge is 0.192 e. The van der Waals surface area contributed by atoms with E-state index in [4.69, 9.17) is 23.5 Å². The maximum absolute atomic E-state index is 12.7. The minimum absolute atomic E-state index is 0.0237. The van der Waals surface area contributed by atoms with Crippen LogP contribution in [-0.2, 0) is 28.0 Å². The van der Waals surface area contributed by atoms with E-state index in [0.717, 1.165) is 17.8 Å². The molecular formula is C19H36O8PS-. The number of ether oxygens (including phenoxy) is 4. The summed E-state index contributed by atoms with van der Waals surface area (Å²) in [5.74, 6) is 0.222. The Bertz CT molecular complexity index is 562. The highest BCUT2D eigenvalue weighted by atomic mass is 32.7. The van der Waals surface area contributed by atoms with Crippen LogP contribution in [0.2, 0.25) is 0 Å². The van der Waals surface area contributed by atoms with Crippen molar-refractivity contribution in [1.29, 1.82) is 0 Å². The van der Waals surface area contributed by atoms with Crippen LogP contribution in [0.4, 0.5) is 0 Å². The predicted octanol–water partition coefficient (Wildman–Crippen LogP) is 2.51. The molecule has 2 aliphatic heterocycles. The Balaban J connectivity index is 1.98. The molecule has 0 saturated carbocycles. The molecule has 1 N–H and O–H groups in total. The summed E-state index contributed by atoms with van der Waals surface area (Å²) in [6.07, 6.45) is -0.398. The molecule has 8 nitrogen and oxygen atoms in total. The average Bonchev–Trinajstić information content (AvgIpc) is 3.09. The van der Waals surface area contributed by atoms with E-state index in [0.29, 0.717) is 6.42 Å². The summed E-state index contributed by atoms with van der Waals surface area (Å²) in [7, 11) is 0. The highest BCUT2D eigenvalue weighted by Gasteiger charge is 2.50. The van der Waals surface area contributed by atoms with Crippen molar-refractivity contribution in [3.63, 3.8) is 0 Å². The molecule has 0 spiro atoms. The fourth-order valence-corrected chi connectivity index (χ4v) is 6.47. The van der Waals surface area contributed by atoms with Crippen molar-refractivity contribution in [2.75, 3.05) is 19.0 Å². The van der Waals surface area contributed by atoms with E-state index in [2.05, 4.69) is 0 Å². The second kappa shape index (κ2) is 10.7. The van der Waals surface area contributed by atoms with Gasteiger partial charge in [-0.3, -0.25) is 4.57 Å². The van der Waals surface area contributed by atoms with Gasteiger partial charge in [0.15, 0.2) is 6.80 Å². The lowest BCUT2D eigenvalue weighted by Gasteiger charge is -2.36. The zero-order valence-electron chi connectivity index (χ0n) is 18.2. The minimum Gasteiger partial charge on any atom is -0.770 e. The lowest BCUT2D eigenvalue weighted by molar-refractivity contribution is -0.205. The van der Waals surface area contributed by atoms with Gasteiger partial charge in [0, 0.05) is 18.6 Å². The van der Waals surface area contributed by atoms with Gasteiger partial charge in [0.2, 0.25) is 0 Å². The van der Waals surface area contributed by atoms with Crippen molar-refractivity contribution in [3.05, 3.63) is 0 Å². The second-order valence-electron chi connectivity index (χ2n) is 8.53. The average molecular weight is 456 g/mol. The third-order valence-electron chi connectivity index (χ3n) is 4.98. The van der Waals surface area contributed by atoms with Crippen LogP contribution >= 0.6 is 18.2 Å². The van der Waals surface area contributed by atoms with Crippen LogP contribution in [0.1, 0.15) is 54.4 Å². The third-order valence-corrected chi connectivity index (χ3v) is 7.94. The van der Waals surface area contributed by atoms with Gasteiger partial charge >= 0.3 is 0 Å². The first kappa shape index (κ1) is 25.6. The van der Waals surface area contributed by atoms with E-state index in [1.54, 1.807) is 0 Å². The van der Waals surface area contributed by atoms with Crippen LogP contribution < -0.4 is 4.89 Å². The van der Waals surface area contributed by atoms with Gasteiger partial charge in [-0.05, 0) is 41.5 Å². The first-order valence-corrected chi connectivity index (χ1v) is 13.4. The summed E-state index contributed by atoms with van der Waals surface area (Å²) < 4.78 is 41.4. The molecule has 2 rings (SSSR count). The molecular weight excluding hydrogens is 419 g/mol. The van der Waals surface area contributed by atoms with Crippen molar-refractivity contribution in [3.8, 4) is 0 Å². The molecule has 3 unspecified atom stereocenters. The van der Waals surface area contributed by atoms with Gasteiger partial charge < -0.3 is 33.5 Å². The summed E-state index contributed by atoms with van der Waals surface area (Å²) in [4.78, 5) is 12.7. The Hall–Kier alpha value is 0.300. The predicted molar refractivity (Wildman–Crippen MR) is 110 cm³/mol. The van der Waals surface area contributed by atoms with Crippen molar-refractivity contribution in [2.45, 2.75) is 103 Å². The monoisotopic (exact) mass is 455 g/mol.